The van der Waals surface area contributed by atoms with Gasteiger partial charge >= 0.3 is 0 Å². The molecule has 5 heteroatoms. The van der Waals surface area contributed by atoms with Gasteiger partial charge in [0.2, 0.25) is 5.91 Å². The minimum Gasteiger partial charge on any atom is -0.489 e. The van der Waals surface area contributed by atoms with Crippen molar-refractivity contribution in [1.29, 1.82) is 0 Å². The van der Waals surface area contributed by atoms with Gasteiger partial charge in [-0.1, -0.05) is 17.7 Å². The Morgan fingerprint density at radius 1 is 1.42 bits per heavy atom. The molecule has 0 aromatic heterocycles. The molecule has 0 unspecified atom stereocenters. The van der Waals surface area contributed by atoms with Crippen molar-refractivity contribution in [2.75, 3.05) is 26.2 Å². The number of rotatable bonds is 5. The molecule has 132 valence electrons. The van der Waals surface area contributed by atoms with Crippen LogP contribution < -0.4 is 10.1 Å². The van der Waals surface area contributed by atoms with Crippen molar-refractivity contribution in [3.8, 4) is 5.75 Å². The molecule has 24 heavy (non-hydrogen) atoms. The second kappa shape index (κ2) is 7.99. The van der Waals surface area contributed by atoms with Crippen LogP contribution in [-0.4, -0.2) is 49.3 Å². The summed E-state index contributed by atoms with van der Waals surface area (Å²) in [7, 11) is 0. The third kappa shape index (κ3) is 4.71. The molecule has 1 fully saturated rings. The van der Waals surface area contributed by atoms with E-state index in [1.54, 1.807) is 0 Å². The fourth-order valence-corrected chi connectivity index (χ4v) is 3.42. The number of ether oxygens (including phenoxy) is 2. The van der Waals surface area contributed by atoms with Gasteiger partial charge in [-0.15, -0.1) is 0 Å². The van der Waals surface area contributed by atoms with Crippen molar-refractivity contribution in [1.82, 2.24) is 10.2 Å². The highest BCUT2D eigenvalue weighted by molar-refractivity contribution is 5.76. The molecule has 5 nitrogen and oxygen atoms in total. The normalized spacial score (nSPS) is 24.1. The van der Waals surface area contributed by atoms with Gasteiger partial charge in [0.1, 0.15) is 11.9 Å². The standard InChI is InChI=1S/C19H28N2O3/c1-14-5-6-18-16(10-14)13-21(12-15(2)24-18)8-7-19(22)20-11-17-4-3-9-23-17/h5-6,10,15,17H,3-4,7-9,11-13H2,1-2H3,(H,20,22)/t15-,17-/m0/s1. The van der Waals surface area contributed by atoms with Crippen LogP contribution in [-0.2, 0) is 16.1 Å². The molecule has 1 saturated heterocycles. The van der Waals surface area contributed by atoms with Crippen molar-refractivity contribution in [3.63, 3.8) is 0 Å². The van der Waals surface area contributed by atoms with Crippen LogP contribution in [0.4, 0.5) is 0 Å². The predicted octanol–water partition coefficient (Wildman–Crippen LogP) is 2.26. The third-order valence-corrected chi connectivity index (χ3v) is 4.66. The molecule has 0 saturated carbocycles. The van der Waals surface area contributed by atoms with Gasteiger partial charge in [-0.3, -0.25) is 9.69 Å². The number of hydrogen-bond donors (Lipinski definition) is 1. The van der Waals surface area contributed by atoms with E-state index in [9.17, 15) is 4.79 Å². The van der Waals surface area contributed by atoms with E-state index in [0.29, 0.717) is 13.0 Å². The lowest BCUT2D eigenvalue weighted by atomic mass is 10.1. The Bertz CT molecular complexity index is 570. The second-order valence-electron chi connectivity index (χ2n) is 6.96. The molecule has 0 radical (unpaired) electrons. The number of carbonyl (C=O) groups excluding carboxylic acids is 1. The average Bonchev–Trinajstić information content (AvgIpc) is 3.01. The summed E-state index contributed by atoms with van der Waals surface area (Å²) in [5, 5.41) is 3.00. The highest BCUT2D eigenvalue weighted by Crippen LogP contribution is 2.26. The summed E-state index contributed by atoms with van der Waals surface area (Å²) in [4.78, 5) is 14.4. The zero-order valence-corrected chi connectivity index (χ0v) is 14.7. The maximum Gasteiger partial charge on any atom is 0.221 e. The maximum absolute atomic E-state index is 12.1. The number of aryl methyl sites for hydroxylation is 1. The molecule has 3 rings (SSSR count). The number of nitrogens with one attached hydrogen (secondary N) is 1. The van der Waals surface area contributed by atoms with E-state index in [1.165, 1.54) is 11.1 Å². The van der Waals surface area contributed by atoms with E-state index in [4.69, 9.17) is 9.47 Å². The first-order valence-corrected chi connectivity index (χ1v) is 8.97. The van der Waals surface area contributed by atoms with Crippen molar-refractivity contribution in [2.24, 2.45) is 0 Å². The number of carbonyl (C=O) groups is 1. The lowest BCUT2D eigenvalue weighted by Crippen LogP contribution is -2.36. The quantitative estimate of drug-likeness (QED) is 0.899. The average molecular weight is 332 g/mol. The summed E-state index contributed by atoms with van der Waals surface area (Å²) >= 11 is 0. The molecule has 0 aliphatic carbocycles. The van der Waals surface area contributed by atoms with Crippen LogP contribution in [0.15, 0.2) is 18.2 Å². The Morgan fingerprint density at radius 3 is 3.08 bits per heavy atom. The zero-order valence-electron chi connectivity index (χ0n) is 14.7. The highest BCUT2D eigenvalue weighted by Gasteiger charge is 2.21. The summed E-state index contributed by atoms with van der Waals surface area (Å²) < 4.78 is 11.5. The van der Waals surface area contributed by atoms with E-state index in [2.05, 4.69) is 42.3 Å². The third-order valence-electron chi connectivity index (χ3n) is 4.66. The van der Waals surface area contributed by atoms with E-state index >= 15 is 0 Å². The topological polar surface area (TPSA) is 50.8 Å². The Kier molecular flexibility index (Phi) is 5.74. The van der Waals surface area contributed by atoms with Gasteiger partial charge in [0.05, 0.1) is 6.10 Å². The molecule has 2 atom stereocenters. The first kappa shape index (κ1) is 17.2. The van der Waals surface area contributed by atoms with Crippen molar-refractivity contribution >= 4 is 5.91 Å². The van der Waals surface area contributed by atoms with E-state index in [-0.39, 0.29) is 18.1 Å². The van der Waals surface area contributed by atoms with Crippen LogP contribution >= 0.6 is 0 Å². The Balaban J connectivity index is 1.49. The fraction of sp³-hybridized carbons (Fsp3) is 0.632. The van der Waals surface area contributed by atoms with Crippen LogP contribution in [0.1, 0.15) is 37.3 Å². The summed E-state index contributed by atoms with van der Waals surface area (Å²) in [5.74, 6) is 1.08. The van der Waals surface area contributed by atoms with Crippen molar-refractivity contribution in [3.05, 3.63) is 29.3 Å². The molecule has 0 bridgehead atoms. The molecule has 2 aliphatic heterocycles. The first-order chi connectivity index (χ1) is 11.6. The number of fused-ring (bicyclic) bond motifs is 1. The van der Waals surface area contributed by atoms with Gasteiger partial charge in [0.15, 0.2) is 0 Å². The van der Waals surface area contributed by atoms with Crippen LogP contribution in [0.3, 0.4) is 0 Å². The SMILES string of the molecule is Cc1ccc2c(c1)CN(CCC(=O)NC[C@@H]1CCCO1)C[C@H](C)O2. The summed E-state index contributed by atoms with van der Waals surface area (Å²) in [6.45, 7) is 8.06. The van der Waals surface area contributed by atoms with Crippen LogP contribution in [0.2, 0.25) is 0 Å². The van der Waals surface area contributed by atoms with Gasteiger partial charge in [-0.2, -0.15) is 0 Å². The lowest BCUT2D eigenvalue weighted by molar-refractivity contribution is -0.122. The van der Waals surface area contributed by atoms with Crippen LogP contribution in [0, 0.1) is 6.92 Å². The summed E-state index contributed by atoms with van der Waals surface area (Å²) in [6.07, 6.45) is 3.00. The van der Waals surface area contributed by atoms with Crippen LogP contribution in [0.25, 0.3) is 0 Å². The second-order valence-corrected chi connectivity index (χ2v) is 6.96. The van der Waals surface area contributed by atoms with Crippen molar-refractivity contribution in [2.45, 2.75) is 51.9 Å². The van der Waals surface area contributed by atoms with Crippen LogP contribution in [0.5, 0.6) is 5.75 Å². The molecule has 1 aromatic carbocycles. The Hall–Kier alpha value is -1.59. The number of nitrogens with zero attached hydrogens (tertiary/aromatic N) is 1. The molecule has 2 aliphatic rings. The predicted molar refractivity (Wildman–Crippen MR) is 93.1 cm³/mol. The monoisotopic (exact) mass is 332 g/mol. The number of benzene rings is 1. The lowest BCUT2D eigenvalue weighted by Gasteiger charge is -2.21. The summed E-state index contributed by atoms with van der Waals surface area (Å²) in [6, 6.07) is 6.32. The van der Waals surface area contributed by atoms with E-state index in [0.717, 1.165) is 44.8 Å². The van der Waals surface area contributed by atoms with Gasteiger partial charge in [-0.25, -0.2) is 0 Å². The Labute approximate surface area is 144 Å². The molecule has 0 spiro atoms. The van der Waals surface area contributed by atoms with Crippen molar-refractivity contribution < 1.29 is 14.3 Å². The fourth-order valence-electron chi connectivity index (χ4n) is 3.42. The minimum atomic E-state index is 0.104. The van der Waals surface area contributed by atoms with Gasteiger partial charge in [0.25, 0.3) is 0 Å². The van der Waals surface area contributed by atoms with E-state index < -0.39 is 0 Å². The molecule has 2 heterocycles. The summed E-state index contributed by atoms with van der Waals surface area (Å²) in [5.41, 5.74) is 2.44. The smallest absolute Gasteiger partial charge is 0.221 e. The minimum absolute atomic E-state index is 0.104. The molecular weight excluding hydrogens is 304 g/mol. The molecule has 1 N–H and O–H groups in total. The maximum atomic E-state index is 12.1. The highest BCUT2D eigenvalue weighted by atomic mass is 16.5. The van der Waals surface area contributed by atoms with E-state index in [1.807, 2.05) is 0 Å². The molecule has 1 aromatic rings. The number of hydrogen-bond acceptors (Lipinski definition) is 4. The largest absolute Gasteiger partial charge is 0.489 e. The molecular formula is C19H28N2O3. The van der Waals surface area contributed by atoms with Gasteiger partial charge in [-0.05, 0) is 32.8 Å². The van der Waals surface area contributed by atoms with Gasteiger partial charge < -0.3 is 14.8 Å². The zero-order chi connectivity index (χ0) is 16.9. The Morgan fingerprint density at radius 2 is 2.29 bits per heavy atom. The molecule has 1 amide bonds. The number of amides is 1. The van der Waals surface area contributed by atoms with Gasteiger partial charge in [0, 0.05) is 44.8 Å². The first-order valence-electron chi connectivity index (χ1n) is 8.97.